The summed E-state index contributed by atoms with van der Waals surface area (Å²) in [5.41, 5.74) is 3.11. The van der Waals surface area contributed by atoms with Crippen LogP contribution in [0.25, 0.3) is 0 Å². The van der Waals surface area contributed by atoms with E-state index in [0.29, 0.717) is 5.69 Å². The average Bonchev–Trinajstić information content (AvgIpc) is 2.53. The Morgan fingerprint density at radius 2 is 1.44 bits per heavy atom. The first kappa shape index (κ1) is 20.8. The summed E-state index contributed by atoms with van der Waals surface area (Å²) in [6.45, 7) is 11.2. The summed E-state index contributed by atoms with van der Waals surface area (Å²) in [5.74, 6) is 0.338. The van der Waals surface area contributed by atoms with E-state index in [2.05, 4.69) is 20.0 Å². The zero-order valence-corrected chi connectivity index (χ0v) is 17.3. The fourth-order valence-electron chi connectivity index (χ4n) is 2.98. The summed E-state index contributed by atoms with van der Waals surface area (Å²) in [6, 6.07) is 4.99. The monoisotopic (exact) mass is 390 g/mol. The lowest BCUT2D eigenvalue weighted by molar-refractivity contribution is 0.256. The molecule has 0 unspecified atom stereocenters. The first-order valence-corrected chi connectivity index (χ1v) is 10.3. The molecule has 2 amide bonds. The molecule has 0 aliphatic heterocycles. The molecular formula is C19H26N4O3S. The zero-order chi connectivity index (χ0) is 20.4. The molecular weight excluding hydrogens is 364 g/mol. The van der Waals surface area contributed by atoms with Gasteiger partial charge in [0.25, 0.3) is 10.0 Å². The third kappa shape index (κ3) is 4.63. The van der Waals surface area contributed by atoms with Gasteiger partial charge in [-0.2, -0.15) is 0 Å². The standard InChI is InChI=1S/C19H26N4O3S/c1-11(2)15-8-7-9-16(12(3)4)17(15)22-19(24)23-27(25,26)18-13(5)20-10-21-14(18)6/h7-12H,1-6H3,(H2,22,23,24). The lowest BCUT2D eigenvalue weighted by atomic mass is 9.93. The second-order valence-electron chi connectivity index (χ2n) is 7.05. The van der Waals surface area contributed by atoms with E-state index in [4.69, 9.17) is 0 Å². The van der Waals surface area contributed by atoms with Crippen LogP contribution in [-0.2, 0) is 10.0 Å². The minimum Gasteiger partial charge on any atom is -0.307 e. The van der Waals surface area contributed by atoms with E-state index in [-0.39, 0.29) is 28.1 Å². The first-order valence-electron chi connectivity index (χ1n) is 8.79. The number of anilines is 1. The Morgan fingerprint density at radius 1 is 0.963 bits per heavy atom. The highest BCUT2D eigenvalue weighted by molar-refractivity contribution is 7.90. The largest absolute Gasteiger partial charge is 0.333 e. The Bertz CT molecular complexity index is 907. The van der Waals surface area contributed by atoms with Crippen LogP contribution in [0, 0.1) is 13.8 Å². The summed E-state index contributed by atoms with van der Waals surface area (Å²) in [4.78, 5) is 20.3. The number of benzene rings is 1. The van der Waals surface area contributed by atoms with Gasteiger partial charge in [-0.05, 0) is 36.8 Å². The second kappa shape index (κ2) is 8.04. The maximum absolute atomic E-state index is 12.7. The maximum Gasteiger partial charge on any atom is 0.333 e. The van der Waals surface area contributed by atoms with Crippen LogP contribution in [0.15, 0.2) is 29.4 Å². The van der Waals surface area contributed by atoms with Crippen LogP contribution in [0.2, 0.25) is 0 Å². The van der Waals surface area contributed by atoms with Gasteiger partial charge in [0.1, 0.15) is 11.2 Å². The highest BCUT2D eigenvalue weighted by Crippen LogP contribution is 2.32. The van der Waals surface area contributed by atoms with E-state index in [1.165, 1.54) is 6.33 Å². The number of urea groups is 1. The molecule has 0 spiro atoms. The fraction of sp³-hybridized carbons (Fsp3) is 0.421. The van der Waals surface area contributed by atoms with Crippen molar-refractivity contribution in [2.75, 3.05) is 5.32 Å². The molecule has 146 valence electrons. The van der Waals surface area contributed by atoms with Crippen molar-refractivity contribution in [1.29, 1.82) is 0 Å². The molecule has 7 nitrogen and oxygen atoms in total. The Hall–Kier alpha value is -2.48. The number of carbonyl (C=O) groups excluding carboxylic acids is 1. The number of nitrogens with one attached hydrogen (secondary N) is 2. The van der Waals surface area contributed by atoms with Gasteiger partial charge in [-0.3, -0.25) is 0 Å². The summed E-state index contributed by atoms with van der Waals surface area (Å²) < 4.78 is 27.4. The zero-order valence-electron chi connectivity index (χ0n) is 16.5. The average molecular weight is 391 g/mol. The maximum atomic E-state index is 12.7. The number of amides is 2. The third-order valence-electron chi connectivity index (χ3n) is 4.27. The van der Waals surface area contributed by atoms with Crippen molar-refractivity contribution in [3.63, 3.8) is 0 Å². The normalized spacial score (nSPS) is 11.7. The molecule has 0 aliphatic carbocycles. The molecule has 0 radical (unpaired) electrons. The van der Waals surface area contributed by atoms with Gasteiger partial charge in [-0.25, -0.2) is 27.9 Å². The number of rotatable bonds is 5. The number of nitrogens with zero attached hydrogens (tertiary/aromatic N) is 2. The number of para-hydroxylation sites is 1. The van der Waals surface area contributed by atoms with E-state index in [0.717, 1.165) is 11.1 Å². The Labute approximate surface area is 160 Å². The van der Waals surface area contributed by atoms with Crippen molar-refractivity contribution >= 4 is 21.7 Å². The lowest BCUT2D eigenvalue weighted by Gasteiger charge is -2.20. The Kier molecular flexibility index (Phi) is 6.20. The number of hydrogen-bond acceptors (Lipinski definition) is 5. The van der Waals surface area contributed by atoms with Crippen molar-refractivity contribution in [2.24, 2.45) is 0 Å². The molecule has 0 saturated heterocycles. The van der Waals surface area contributed by atoms with Gasteiger partial charge in [-0.15, -0.1) is 0 Å². The molecule has 2 rings (SSSR count). The predicted octanol–water partition coefficient (Wildman–Crippen LogP) is 3.85. The number of aryl methyl sites for hydroxylation is 2. The summed E-state index contributed by atoms with van der Waals surface area (Å²) >= 11 is 0. The number of hydrogen-bond donors (Lipinski definition) is 2. The van der Waals surface area contributed by atoms with E-state index >= 15 is 0 Å². The first-order chi connectivity index (χ1) is 12.5. The van der Waals surface area contributed by atoms with E-state index in [1.54, 1.807) is 13.8 Å². The van der Waals surface area contributed by atoms with Crippen molar-refractivity contribution < 1.29 is 13.2 Å². The van der Waals surface area contributed by atoms with Crippen LogP contribution in [-0.4, -0.2) is 24.4 Å². The van der Waals surface area contributed by atoms with E-state index in [9.17, 15) is 13.2 Å². The molecule has 2 N–H and O–H groups in total. The van der Waals surface area contributed by atoms with Gasteiger partial charge < -0.3 is 5.32 Å². The van der Waals surface area contributed by atoms with Crippen molar-refractivity contribution in [3.05, 3.63) is 47.0 Å². The molecule has 0 bridgehead atoms. The molecule has 1 aromatic heterocycles. The summed E-state index contributed by atoms with van der Waals surface area (Å²) in [5, 5.41) is 2.74. The number of aromatic nitrogens is 2. The van der Waals surface area contributed by atoms with Gasteiger partial charge in [-0.1, -0.05) is 45.9 Å². The predicted molar refractivity (Wildman–Crippen MR) is 105 cm³/mol. The number of carbonyl (C=O) groups is 1. The van der Waals surface area contributed by atoms with Crippen molar-refractivity contribution in [1.82, 2.24) is 14.7 Å². The SMILES string of the molecule is Cc1ncnc(C)c1S(=O)(=O)NC(=O)Nc1c(C(C)C)cccc1C(C)C. The van der Waals surface area contributed by atoms with Crippen LogP contribution < -0.4 is 10.0 Å². The molecule has 1 aromatic carbocycles. The highest BCUT2D eigenvalue weighted by atomic mass is 32.2. The van der Waals surface area contributed by atoms with Gasteiger partial charge >= 0.3 is 6.03 Å². The quantitative estimate of drug-likeness (QED) is 0.807. The molecule has 27 heavy (non-hydrogen) atoms. The van der Waals surface area contributed by atoms with Crippen LogP contribution >= 0.6 is 0 Å². The topological polar surface area (TPSA) is 101 Å². The van der Waals surface area contributed by atoms with Crippen LogP contribution in [0.5, 0.6) is 0 Å². The third-order valence-corrected chi connectivity index (χ3v) is 5.85. The fourth-order valence-corrected chi connectivity index (χ4v) is 4.26. The molecule has 0 atom stereocenters. The molecule has 1 heterocycles. The highest BCUT2D eigenvalue weighted by Gasteiger charge is 2.25. The van der Waals surface area contributed by atoms with Crippen LogP contribution in [0.1, 0.15) is 62.0 Å². The van der Waals surface area contributed by atoms with Gasteiger partial charge in [0.15, 0.2) is 0 Å². The van der Waals surface area contributed by atoms with Crippen LogP contribution in [0.4, 0.5) is 10.5 Å². The van der Waals surface area contributed by atoms with E-state index < -0.39 is 16.1 Å². The molecule has 0 aliphatic rings. The van der Waals surface area contributed by atoms with E-state index in [1.807, 2.05) is 45.9 Å². The Morgan fingerprint density at radius 3 is 1.89 bits per heavy atom. The van der Waals surface area contributed by atoms with Gasteiger partial charge in [0.2, 0.25) is 0 Å². The Balaban J connectivity index is 2.36. The minimum absolute atomic E-state index is 0.0821. The van der Waals surface area contributed by atoms with Crippen molar-refractivity contribution in [3.8, 4) is 0 Å². The molecule has 2 aromatic rings. The molecule has 0 fully saturated rings. The lowest BCUT2D eigenvalue weighted by Crippen LogP contribution is -2.36. The van der Waals surface area contributed by atoms with Gasteiger partial charge in [0.05, 0.1) is 11.4 Å². The number of sulfonamides is 1. The molecule has 0 saturated carbocycles. The minimum atomic E-state index is -4.09. The summed E-state index contributed by atoms with van der Waals surface area (Å²) in [6.07, 6.45) is 1.29. The second-order valence-corrected chi connectivity index (χ2v) is 8.67. The summed E-state index contributed by atoms with van der Waals surface area (Å²) in [7, 11) is -4.09. The smallest absolute Gasteiger partial charge is 0.307 e. The molecule has 8 heteroatoms. The van der Waals surface area contributed by atoms with Crippen LogP contribution in [0.3, 0.4) is 0 Å². The van der Waals surface area contributed by atoms with Crippen molar-refractivity contribution in [2.45, 2.75) is 58.3 Å². The van der Waals surface area contributed by atoms with Gasteiger partial charge in [0, 0.05) is 5.69 Å².